The SMILES string of the molecule is COCCN(Cc1ccsc1)S(=O)(=O)c1ccsc1C(=O)OC. The van der Waals surface area contributed by atoms with Gasteiger partial charge in [-0.05, 0) is 33.8 Å². The van der Waals surface area contributed by atoms with Crippen LogP contribution in [0.4, 0.5) is 0 Å². The van der Waals surface area contributed by atoms with Gasteiger partial charge in [-0.1, -0.05) is 0 Å². The largest absolute Gasteiger partial charge is 0.465 e. The smallest absolute Gasteiger partial charge is 0.349 e. The van der Waals surface area contributed by atoms with Crippen LogP contribution in [0.5, 0.6) is 0 Å². The molecular formula is C14H17NO5S3. The molecular weight excluding hydrogens is 358 g/mol. The molecule has 0 N–H and O–H groups in total. The number of rotatable bonds is 8. The van der Waals surface area contributed by atoms with Crippen molar-refractivity contribution >= 4 is 38.7 Å². The molecule has 0 aliphatic carbocycles. The Morgan fingerprint density at radius 2 is 2.04 bits per heavy atom. The summed E-state index contributed by atoms with van der Waals surface area (Å²) in [5.74, 6) is -0.652. The number of esters is 1. The van der Waals surface area contributed by atoms with E-state index in [2.05, 4.69) is 4.74 Å². The zero-order valence-corrected chi connectivity index (χ0v) is 15.2. The van der Waals surface area contributed by atoms with Crippen LogP contribution in [-0.2, 0) is 26.0 Å². The number of sulfonamides is 1. The number of ether oxygens (including phenoxy) is 2. The van der Waals surface area contributed by atoms with Gasteiger partial charge in [-0.3, -0.25) is 0 Å². The lowest BCUT2D eigenvalue weighted by Crippen LogP contribution is -2.34. The Morgan fingerprint density at radius 3 is 2.65 bits per heavy atom. The monoisotopic (exact) mass is 375 g/mol. The van der Waals surface area contributed by atoms with Crippen molar-refractivity contribution in [1.82, 2.24) is 4.31 Å². The van der Waals surface area contributed by atoms with Crippen molar-refractivity contribution in [2.45, 2.75) is 11.4 Å². The predicted octanol–water partition coefficient (Wildman–Crippen LogP) is 2.43. The van der Waals surface area contributed by atoms with E-state index in [-0.39, 0.29) is 29.5 Å². The summed E-state index contributed by atoms with van der Waals surface area (Å²) in [6.07, 6.45) is 0. The highest BCUT2D eigenvalue weighted by atomic mass is 32.2. The molecule has 0 unspecified atom stereocenters. The van der Waals surface area contributed by atoms with Gasteiger partial charge in [-0.25, -0.2) is 13.2 Å². The number of hydrogen-bond acceptors (Lipinski definition) is 7. The van der Waals surface area contributed by atoms with Gasteiger partial charge in [0.15, 0.2) is 0 Å². The third-order valence-electron chi connectivity index (χ3n) is 3.10. The lowest BCUT2D eigenvalue weighted by molar-refractivity contribution is 0.0602. The first-order valence-corrected chi connectivity index (χ1v) is 9.93. The molecule has 0 spiro atoms. The minimum absolute atomic E-state index is 0.0271. The molecule has 0 amide bonds. The summed E-state index contributed by atoms with van der Waals surface area (Å²) in [6, 6.07) is 3.30. The summed E-state index contributed by atoms with van der Waals surface area (Å²) >= 11 is 2.55. The number of carbonyl (C=O) groups excluding carboxylic acids is 1. The summed E-state index contributed by atoms with van der Waals surface area (Å²) in [7, 11) is -1.08. The first-order chi connectivity index (χ1) is 11.0. The fraction of sp³-hybridized carbons (Fsp3) is 0.357. The van der Waals surface area contributed by atoms with Crippen LogP contribution in [0.1, 0.15) is 15.2 Å². The van der Waals surface area contributed by atoms with E-state index in [1.165, 1.54) is 35.9 Å². The second-order valence-corrected chi connectivity index (χ2v) is 8.17. The van der Waals surface area contributed by atoms with Gasteiger partial charge in [0, 0.05) is 20.2 Å². The Kier molecular flexibility index (Phi) is 6.31. The molecule has 9 heteroatoms. The second-order valence-electron chi connectivity index (χ2n) is 4.57. The van der Waals surface area contributed by atoms with E-state index >= 15 is 0 Å². The van der Waals surface area contributed by atoms with E-state index in [1.807, 2.05) is 16.8 Å². The Balaban J connectivity index is 2.35. The molecule has 0 saturated heterocycles. The van der Waals surface area contributed by atoms with Crippen molar-refractivity contribution in [2.24, 2.45) is 0 Å². The quantitative estimate of drug-likeness (QED) is 0.663. The van der Waals surface area contributed by atoms with Crippen LogP contribution < -0.4 is 0 Å². The minimum Gasteiger partial charge on any atom is -0.465 e. The number of carbonyl (C=O) groups is 1. The van der Waals surface area contributed by atoms with Gasteiger partial charge in [0.2, 0.25) is 10.0 Å². The van der Waals surface area contributed by atoms with Crippen LogP contribution in [0.2, 0.25) is 0 Å². The van der Waals surface area contributed by atoms with Gasteiger partial charge in [0.25, 0.3) is 0 Å². The van der Waals surface area contributed by atoms with Crippen LogP contribution in [0.25, 0.3) is 0 Å². The first-order valence-electron chi connectivity index (χ1n) is 6.66. The van der Waals surface area contributed by atoms with E-state index < -0.39 is 16.0 Å². The van der Waals surface area contributed by atoms with Crippen LogP contribution in [0.15, 0.2) is 33.2 Å². The minimum atomic E-state index is -3.82. The predicted molar refractivity (Wildman–Crippen MR) is 89.4 cm³/mol. The average molecular weight is 375 g/mol. The lowest BCUT2D eigenvalue weighted by atomic mass is 10.3. The molecule has 0 aliphatic rings. The molecule has 0 aromatic carbocycles. The summed E-state index contributed by atoms with van der Waals surface area (Å²) in [5.41, 5.74) is 0.893. The Morgan fingerprint density at radius 1 is 1.26 bits per heavy atom. The maximum atomic E-state index is 12.9. The van der Waals surface area contributed by atoms with Gasteiger partial charge in [0.1, 0.15) is 9.77 Å². The molecule has 6 nitrogen and oxygen atoms in total. The normalized spacial score (nSPS) is 11.8. The molecule has 2 aromatic rings. The van der Waals surface area contributed by atoms with Gasteiger partial charge >= 0.3 is 5.97 Å². The third kappa shape index (κ3) is 4.18. The molecule has 126 valence electrons. The molecule has 2 heterocycles. The second kappa shape index (κ2) is 8.02. The molecule has 0 fully saturated rings. The van der Waals surface area contributed by atoms with Crippen molar-refractivity contribution in [3.8, 4) is 0 Å². The Labute approximate surface area is 143 Å². The lowest BCUT2D eigenvalue weighted by Gasteiger charge is -2.21. The summed E-state index contributed by atoms with van der Waals surface area (Å²) in [4.78, 5) is 11.8. The van der Waals surface area contributed by atoms with Crippen LogP contribution in [0, 0.1) is 0 Å². The molecule has 0 atom stereocenters. The summed E-state index contributed by atoms with van der Waals surface area (Å²) in [5, 5.41) is 5.35. The molecule has 2 rings (SSSR count). The first kappa shape index (κ1) is 18.1. The number of methoxy groups -OCH3 is 2. The fourth-order valence-electron chi connectivity index (χ4n) is 1.94. The zero-order valence-electron chi connectivity index (χ0n) is 12.7. The zero-order chi connectivity index (χ0) is 16.9. The van der Waals surface area contributed by atoms with E-state index in [4.69, 9.17) is 4.74 Å². The van der Waals surface area contributed by atoms with E-state index in [9.17, 15) is 13.2 Å². The van der Waals surface area contributed by atoms with Gasteiger partial charge in [-0.15, -0.1) is 11.3 Å². The maximum Gasteiger partial charge on any atom is 0.349 e. The van der Waals surface area contributed by atoms with Crippen molar-refractivity contribution in [1.29, 1.82) is 0 Å². The molecule has 2 aromatic heterocycles. The standard InChI is InChI=1S/C14H17NO5S3/c1-19-6-5-15(9-11-3-7-21-10-11)23(17,18)12-4-8-22-13(12)14(16)20-2/h3-4,7-8,10H,5-6,9H2,1-2H3. The van der Waals surface area contributed by atoms with Crippen molar-refractivity contribution in [3.63, 3.8) is 0 Å². The molecule has 0 saturated carbocycles. The highest BCUT2D eigenvalue weighted by molar-refractivity contribution is 7.89. The van der Waals surface area contributed by atoms with E-state index in [0.717, 1.165) is 16.9 Å². The van der Waals surface area contributed by atoms with Crippen LogP contribution in [0.3, 0.4) is 0 Å². The van der Waals surface area contributed by atoms with Crippen LogP contribution in [-0.4, -0.2) is 46.1 Å². The van der Waals surface area contributed by atoms with Gasteiger partial charge < -0.3 is 9.47 Å². The van der Waals surface area contributed by atoms with Crippen molar-refractivity contribution < 1.29 is 22.7 Å². The van der Waals surface area contributed by atoms with Gasteiger partial charge in [-0.2, -0.15) is 15.6 Å². The Bertz CT molecular complexity index is 736. The van der Waals surface area contributed by atoms with Gasteiger partial charge in [0.05, 0.1) is 13.7 Å². The summed E-state index contributed by atoms with van der Waals surface area (Å²) < 4.78 is 36.9. The molecule has 0 aliphatic heterocycles. The average Bonchev–Trinajstić information content (AvgIpc) is 3.21. The number of thiophene rings is 2. The van der Waals surface area contributed by atoms with E-state index in [0.29, 0.717) is 0 Å². The Hall–Kier alpha value is -1.26. The van der Waals surface area contributed by atoms with Crippen molar-refractivity contribution in [2.75, 3.05) is 27.4 Å². The molecule has 0 bridgehead atoms. The highest BCUT2D eigenvalue weighted by Crippen LogP contribution is 2.27. The number of hydrogen-bond donors (Lipinski definition) is 0. The summed E-state index contributed by atoms with van der Waals surface area (Å²) in [6.45, 7) is 0.692. The third-order valence-corrected chi connectivity index (χ3v) is 6.74. The maximum absolute atomic E-state index is 12.9. The van der Waals surface area contributed by atoms with Crippen molar-refractivity contribution in [3.05, 3.63) is 38.7 Å². The fourth-order valence-corrected chi connectivity index (χ4v) is 5.32. The van der Waals surface area contributed by atoms with E-state index in [1.54, 1.807) is 5.38 Å². The molecule has 0 radical (unpaired) electrons. The highest BCUT2D eigenvalue weighted by Gasteiger charge is 2.30. The number of nitrogens with zero attached hydrogens (tertiary/aromatic N) is 1. The van der Waals surface area contributed by atoms with Crippen LogP contribution >= 0.6 is 22.7 Å². The topological polar surface area (TPSA) is 72.9 Å². The molecule has 23 heavy (non-hydrogen) atoms.